The molecule has 0 aliphatic carbocycles. The number of carbonyl (C=O) groups excluding carboxylic acids is 6. The van der Waals surface area contributed by atoms with Crippen molar-refractivity contribution in [1.29, 1.82) is 0 Å². The smallest absolute Gasteiger partial charge is 0.335 e. The Morgan fingerprint density at radius 2 is 0.839 bits per heavy atom. The summed E-state index contributed by atoms with van der Waals surface area (Å²) in [6.45, 7) is 0.974. The van der Waals surface area contributed by atoms with Gasteiger partial charge in [-0.3, -0.25) is 19.2 Å². The summed E-state index contributed by atoms with van der Waals surface area (Å²) in [7, 11) is 0. The van der Waals surface area contributed by atoms with Gasteiger partial charge in [-0.25, -0.2) is 9.59 Å². The predicted molar refractivity (Wildman–Crippen MR) is 96.0 cm³/mol. The summed E-state index contributed by atoms with van der Waals surface area (Å²) in [6.07, 6.45) is -0.0960. The van der Waals surface area contributed by atoms with Gasteiger partial charge in [0.05, 0.1) is 52.5 Å². The molecule has 0 aromatic heterocycles. The molecule has 0 bridgehead atoms. The van der Waals surface area contributed by atoms with E-state index < -0.39 is 35.6 Å². The van der Waals surface area contributed by atoms with Gasteiger partial charge in [-0.2, -0.15) is 0 Å². The molecule has 0 spiro atoms. The topological polar surface area (TPSA) is 155 Å². The van der Waals surface area contributed by atoms with E-state index >= 15 is 0 Å². The second-order valence-electron chi connectivity index (χ2n) is 6.43. The van der Waals surface area contributed by atoms with Gasteiger partial charge in [0, 0.05) is 25.7 Å². The van der Waals surface area contributed by atoms with Crippen molar-refractivity contribution in [1.82, 2.24) is 10.1 Å². The number of rotatable bonds is 14. The highest BCUT2D eigenvalue weighted by Crippen LogP contribution is 2.13. The van der Waals surface area contributed by atoms with Gasteiger partial charge < -0.3 is 23.9 Å². The van der Waals surface area contributed by atoms with Crippen LogP contribution in [0.2, 0.25) is 0 Å². The molecule has 2 aliphatic heterocycles. The molecule has 172 valence electrons. The van der Waals surface area contributed by atoms with Crippen LogP contribution in [0.15, 0.2) is 0 Å². The van der Waals surface area contributed by atoms with Gasteiger partial charge in [0.15, 0.2) is 0 Å². The van der Waals surface area contributed by atoms with Crippen molar-refractivity contribution in [3.05, 3.63) is 0 Å². The first-order valence-corrected chi connectivity index (χ1v) is 9.75. The van der Waals surface area contributed by atoms with Crippen LogP contribution in [0.4, 0.5) is 0 Å². The number of carbonyl (C=O) groups is 6. The molecule has 13 heteroatoms. The Morgan fingerprint density at radius 1 is 0.548 bits per heavy atom. The number of hydroxylamine groups is 4. The Labute approximate surface area is 177 Å². The van der Waals surface area contributed by atoms with Gasteiger partial charge in [0.2, 0.25) is 0 Å². The number of imide groups is 2. The molecule has 0 aromatic rings. The maximum absolute atomic E-state index is 11.5. The first-order valence-electron chi connectivity index (χ1n) is 9.75. The van der Waals surface area contributed by atoms with E-state index in [4.69, 9.17) is 14.2 Å². The fourth-order valence-corrected chi connectivity index (χ4v) is 2.46. The van der Waals surface area contributed by atoms with Crippen LogP contribution in [0.1, 0.15) is 38.5 Å². The van der Waals surface area contributed by atoms with E-state index in [9.17, 15) is 28.8 Å². The van der Waals surface area contributed by atoms with Gasteiger partial charge in [-0.1, -0.05) is 0 Å². The molecule has 2 rings (SSSR count). The lowest BCUT2D eigenvalue weighted by Crippen LogP contribution is -2.32. The Hall–Kier alpha value is -2.90. The van der Waals surface area contributed by atoms with E-state index in [1.54, 1.807) is 0 Å². The summed E-state index contributed by atoms with van der Waals surface area (Å²) in [5.74, 6) is -3.64. The third-order valence-corrected chi connectivity index (χ3v) is 4.04. The Balaban J connectivity index is 1.37. The first kappa shape index (κ1) is 24.4. The van der Waals surface area contributed by atoms with Crippen LogP contribution in [-0.2, 0) is 52.7 Å². The van der Waals surface area contributed by atoms with E-state index in [-0.39, 0.29) is 78.2 Å². The van der Waals surface area contributed by atoms with Crippen LogP contribution in [0, 0.1) is 0 Å². The third kappa shape index (κ3) is 8.39. The second-order valence-corrected chi connectivity index (χ2v) is 6.43. The van der Waals surface area contributed by atoms with Crippen molar-refractivity contribution in [3.63, 3.8) is 0 Å². The summed E-state index contributed by atoms with van der Waals surface area (Å²) in [6, 6.07) is 0. The van der Waals surface area contributed by atoms with Crippen LogP contribution in [0.5, 0.6) is 0 Å². The lowest BCUT2D eigenvalue weighted by atomic mass is 10.4. The zero-order valence-corrected chi connectivity index (χ0v) is 16.9. The summed E-state index contributed by atoms with van der Waals surface area (Å²) in [5, 5.41) is 0.965. The maximum Gasteiger partial charge on any atom is 0.335 e. The summed E-state index contributed by atoms with van der Waals surface area (Å²) in [4.78, 5) is 77.7. The van der Waals surface area contributed by atoms with Crippen LogP contribution >= 0.6 is 0 Å². The third-order valence-electron chi connectivity index (χ3n) is 4.04. The standard InChI is InChI=1S/C18H24N2O11/c21-13-1-2-14(22)19(13)30-17(25)5-7-27-9-11-29-12-10-28-8-6-18(26)31-20-15(23)3-4-16(20)24/h1-12H2. The minimum atomic E-state index is -0.741. The van der Waals surface area contributed by atoms with Crippen molar-refractivity contribution in [2.24, 2.45) is 0 Å². The Morgan fingerprint density at radius 3 is 1.16 bits per heavy atom. The Kier molecular flexibility index (Phi) is 10.00. The van der Waals surface area contributed by atoms with E-state index in [1.807, 2.05) is 0 Å². The van der Waals surface area contributed by atoms with Crippen molar-refractivity contribution >= 4 is 35.6 Å². The van der Waals surface area contributed by atoms with Crippen molar-refractivity contribution in [2.75, 3.05) is 39.6 Å². The summed E-state index contributed by atoms with van der Waals surface area (Å²) >= 11 is 0. The summed E-state index contributed by atoms with van der Waals surface area (Å²) in [5.41, 5.74) is 0. The van der Waals surface area contributed by atoms with E-state index in [2.05, 4.69) is 9.68 Å². The van der Waals surface area contributed by atoms with Crippen LogP contribution in [0.3, 0.4) is 0 Å². The molecule has 0 radical (unpaired) electrons. The number of amides is 4. The fourth-order valence-electron chi connectivity index (χ4n) is 2.46. The molecule has 0 saturated carbocycles. The minimum Gasteiger partial charge on any atom is -0.378 e. The number of nitrogens with zero attached hydrogens (tertiary/aromatic N) is 2. The highest BCUT2D eigenvalue weighted by molar-refractivity contribution is 6.02. The van der Waals surface area contributed by atoms with Crippen LogP contribution in [0.25, 0.3) is 0 Å². The highest BCUT2D eigenvalue weighted by Gasteiger charge is 2.33. The molecular weight excluding hydrogens is 420 g/mol. The molecule has 0 unspecified atom stereocenters. The van der Waals surface area contributed by atoms with Gasteiger partial charge >= 0.3 is 11.9 Å². The van der Waals surface area contributed by atoms with E-state index in [0.29, 0.717) is 10.1 Å². The average molecular weight is 444 g/mol. The lowest BCUT2D eigenvalue weighted by molar-refractivity contribution is -0.198. The van der Waals surface area contributed by atoms with Crippen LogP contribution < -0.4 is 0 Å². The molecule has 2 heterocycles. The molecule has 2 aliphatic rings. The number of hydrogen-bond donors (Lipinski definition) is 0. The molecule has 4 amide bonds. The largest absolute Gasteiger partial charge is 0.378 e. The molecule has 0 N–H and O–H groups in total. The monoisotopic (exact) mass is 444 g/mol. The summed E-state index contributed by atoms with van der Waals surface area (Å²) < 4.78 is 15.6. The zero-order valence-electron chi connectivity index (χ0n) is 16.9. The van der Waals surface area contributed by atoms with Gasteiger partial charge in [-0.05, 0) is 0 Å². The number of hydrogen-bond acceptors (Lipinski definition) is 11. The molecule has 2 saturated heterocycles. The van der Waals surface area contributed by atoms with Crippen molar-refractivity contribution in [2.45, 2.75) is 38.5 Å². The molecule has 0 atom stereocenters. The Bertz CT molecular complexity index is 619. The quantitative estimate of drug-likeness (QED) is 0.240. The molecule has 31 heavy (non-hydrogen) atoms. The molecule has 13 nitrogen and oxygen atoms in total. The normalized spacial score (nSPS) is 16.4. The fraction of sp³-hybridized carbons (Fsp3) is 0.667. The number of ether oxygens (including phenoxy) is 3. The van der Waals surface area contributed by atoms with E-state index in [1.165, 1.54) is 0 Å². The van der Waals surface area contributed by atoms with Gasteiger partial charge in [-0.15, -0.1) is 10.1 Å². The highest BCUT2D eigenvalue weighted by atomic mass is 16.7. The lowest BCUT2D eigenvalue weighted by Gasteiger charge is -2.12. The molecular formula is C18H24N2O11. The van der Waals surface area contributed by atoms with Gasteiger partial charge in [0.25, 0.3) is 23.6 Å². The van der Waals surface area contributed by atoms with Gasteiger partial charge in [0.1, 0.15) is 0 Å². The molecule has 2 fully saturated rings. The first-order chi connectivity index (χ1) is 14.9. The predicted octanol–water partition coefficient (Wildman–Crippen LogP) is -0.969. The zero-order chi connectivity index (χ0) is 22.6. The second kappa shape index (κ2) is 12.7. The SMILES string of the molecule is O=C(CCOCCOCCOCCC(=O)ON1C(=O)CCC1=O)ON1C(=O)CCC1=O. The van der Waals surface area contributed by atoms with Crippen LogP contribution in [-0.4, -0.2) is 85.3 Å². The van der Waals surface area contributed by atoms with Crippen molar-refractivity contribution < 1.29 is 52.7 Å². The molecule has 0 aromatic carbocycles. The van der Waals surface area contributed by atoms with E-state index in [0.717, 1.165) is 0 Å². The average Bonchev–Trinajstić information content (AvgIpc) is 3.22. The van der Waals surface area contributed by atoms with Crippen molar-refractivity contribution in [3.8, 4) is 0 Å². The minimum absolute atomic E-state index is 0.0361. The maximum atomic E-state index is 11.5.